The maximum absolute atomic E-state index is 13.8. The number of benzene rings is 1. The molecule has 2 atom stereocenters. The lowest BCUT2D eigenvalue weighted by Gasteiger charge is -2.37. The molecule has 1 aliphatic carbocycles. The highest BCUT2D eigenvalue weighted by atomic mass is 32.1. The summed E-state index contributed by atoms with van der Waals surface area (Å²) in [5.41, 5.74) is 3.48. The van der Waals surface area contributed by atoms with Crippen molar-refractivity contribution in [2.24, 2.45) is 5.92 Å². The molecule has 3 aliphatic rings. The summed E-state index contributed by atoms with van der Waals surface area (Å²) in [7, 11) is 0. The summed E-state index contributed by atoms with van der Waals surface area (Å²) in [5.74, 6) is 1.04. The summed E-state index contributed by atoms with van der Waals surface area (Å²) in [6.45, 7) is 6.57. The molecule has 2 aromatic rings. The van der Waals surface area contributed by atoms with E-state index in [2.05, 4.69) is 37.4 Å². The van der Waals surface area contributed by atoms with Gasteiger partial charge in [0, 0.05) is 30.5 Å². The lowest BCUT2D eigenvalue weighted by Crippen LogP contribution is -2.50. The topological polar surface area (TPSA) is 59.1 Å². The van der Waals surface area contributed by atoms with Gasteiger partial charge in [0.15, 0.2) is 0 Å². The van der Waals surface area contributed by atoms with Gasteiger partial charge >= 0.3 is 0 Å². The van der Waals surface area contributed by atoms with Crippen LogP contribution in [-0.2, 0) is 20.7 Å². The highest BCUT2D eigenvalue weighted by molar-refractivity contribution is 7.10. The first kappa shape index (κ1) is 25.3. The van der Waals surface area contributed by atoms with Crippen LogP contribution in [0.1, 0.15) is 66.1 Å². The largest absolute Gasteiger partial charge is 0.491 e. The summed E-state index contributed by atoms with van der Waals surface area (Å²) in [5, 5.41) is 2.11. The molecule has 1 aromatic carbocycles. The zero-order chi connectivity index (χ0) is 25.1. The quantitative estimate of drug-likeness (QED) is 0.498. The number of rotatable bonds is 8. The number of amides is 2. The van der Waals surface area contributed by atoms with Crippen molar-refractivity contribution in [2.45, 2.75) is 70.9 Å². The van der Waals surface area contributed by atoms with Gasteiger partial charge in [-0.05, 0) is 74.6 Å². The van der Waals surface area contributed by atoms with Crippen LogP contribution in [0, 0.1) is 19.8 Å². The van der Waals surface area contributed by atoms with Crippen molar-refractivity contribution in [3.8, 4) is 5.75 Å². The number of carbonyl (C=O) groups excluding carboxylic acids is 2. The maximum atomic E-state index is 13.8. The van der Waals surface area contributed by atoms with E-state index in [0.717, 1.165) is 62.9 Å². The molecule has 36 heavy (non-hydrogen) atoms. The standard InChI is InChI=1S/C29H38N2O4S/c1-20-9-10-26(21(2)16-20)35-19-25-24-12-15-36-27(24)11-13-31(25)28(32)18-30(17-23-8-5-14-34-23)29(33)22-6-3-4-7-22/h9-10,12,15-16,22-23,25H,3-8,11,13-14,17-19H2,1-2H3. The molecule has 1 saturated carbocycles. The molecule has 0 bridgehead atoms. The van der Waals surface area contributed by atoms with Gasteiger partial charge in [-0.25, -0.2) is 0 Å². The van der Waals surface area contributed by atoms with Crippen LogP contribution in [0.15, 0.2) is 29.6 Å². The molecule has 0 N–H and O–H groups in total. The highest BCUT2D eigenvalue weighted by Crippen LogP contribution is 2.35. The van der Waals surface area contributed by atoms with Crippen molar-refractivity contribution in [3.05, 3.63) is 51.2 Å². The van der Waals surface area contributed by atoms with E-state index in [1.807, 2.05) is 11.0 Å². The Morgan fingerprint density at radius 2 is 1.97 bits per heavy atom. The second kappa shape index (κ2) is 11.3. The number of nitrogens with zero attached hydrogens (tertiary/aromatic N) is 2. The number of hydrogen-bond acceptors (Lipinski definition) is 5. The Hall–Kier alpha value is -2.38. The van der Waals surface area contributed by atoms with Gasteiger partial charge in [-0.3, -0.25) is 9.59 Å². The van der Waals surface area contributed by atoms with E-state index in [0.29, 0.717) is 19.7 Å². The number of ether oxygens (including phenoxy) is 2. The summed E-state index contributed by atoms with van der Waals surface area (Å²) in [4.78, 5) is 32.3. The summed E-state index contributed by atoms with van der Waals surface area (Å²) in [6, 6.07) is 8.16. The first-order valence-corrected chi connectivity index (χ1v) is 14.3. The smallest absolute Gasteiger partial charge is 0.242 e. The van der Waals surface area contributed by atoms with Crippen LogP contribution in [-0.4, -0.2) is 60.6 Å². The molecule has 1 saturated heterocycles. The first-order valence-electron chi connectivity index (χ1n) is 13.5. The van der Waals surface area contributed by atoms with Crippen LogP contribution in [0.2, 0.25) is 0 Å². The molecule has 5 rings (SSSR count). The van der Waals surface area contributed by atoms with E-state index in [1.54, 1.807) is 16.2 Å². The molecule has 2 fully saturated rings. The van der Waals surface area contributed by atoms with Crippen LogP contribution in [0.3, 0.4) is 0 Å². The van der Waals surface area contributed by atoms with E-state index in [9.17, 15) is 9.59 Å². The zero-order valence-electron chi connectivity index (χ0n) is 21.5. The zero-order valence-corrected chi connectivity index (χ0v) is 22.4. The van der Waals surface area contributed by atoms with Crippen LogP contribution in [0.25, 0.3) is 0 Å². The highest BCUT2D eigenvalue weighted by Gasteiger charge is 2.36. The molecule has 2 unspecified atom stereocenters. The summed E-state index contributed by atoms with van der Waals surface area (Å²) < 4.78 is 12.1. The van der Waals surface area contributed by atoms with Gasteiger partial charge in [-0.1, -0.05) is 30.5 Å². The predicted octanol–water partition coefficient (Wildman–Crippen LogP) is 5.07. The average Bonchev–Trinajstić information content (AvgIpc) is 3.65. The Bertz CT molecular complexity index is 1070. The van der Waals surface area contributed by atoms with Gasteiger partial charge in [0.1, 0.15) is 12.4 Å². The second-order valence-electron chi connectivity index (χ2n) is 10.6. The van der Waals surface area contributed by atoms with Gasteiger partial charge < -0.3 is 19.3 Å². The Kier molecular flexibility index (Phi) is 7.96. The average molecular weight is 511 g/mol. The number of fused-ring (bicyclic) bond motifs is 1. The SMILES string of the molecule is Cc1ccc(OCC2c3ccsc3CCN2C(=O)CN(CC2CCCO2)C(=O)C2CCCC2)c(C)c1. The Labute approximate surface area is 218 Å². The molecule has 2 amide bonds. The van der Waals surface area contributed by atoms with Crippen molar-refractivity contribution in [2.75, 3.05) is 32.8 Å². The fraction of sp³-hybridized carbons (Fsp3) is 0.586. The van der Waals surface area contributed by atoms with Gasteiger partial charge in [-0.2, -0.15) is 0 Å². The van der Waals surface area contributed by atoms with E-state index in [-0.39, 0.29) is 36.4 Å². The number of thiophene rings is 1. The van der Waals surface area contributed by atoms with Crippen LogP contribution >= 0.6 is 11.3 Å². The van der Waals surface area contributed by atoms with Gasteiger partial charge in [-0.15, -0.1) is 11.3 Å². The molecule has 7 heteroatoms. The van der Waals surface area contributed by atoms with Crippen molar-refractivity contribution in [1.82, 2.24) is 9.80 Å². The monoisotopic (exact) mass is 510 g/mol. The first-order chi connectivity index (χ1) is 17.5. The Balaban J connectivity index is 1.32. The Morgan fingerprint density at radius 1 is 1.14 bits per heavy atom. The van der Waals surface area contributed by atoms with Gasteiger partial charge in [0.2, 0.25) is 11.8 Å². The minimum Gasteiger partial charge on any atom is -0.491 e. The van der Waals surface area contributed by atoms with Crippen molar-refractivity contribution in [1.29, 1.82) is 0 Å². The van der Waals surface area contributed by atoms with E-state index in [1.165, 1.54) is 16.0 Å². The van der Waals surface area contributed by atoms with Crippen LogP contribution in [0.5, 0.6) is 5.75 Å². The normalized spacial score (nSPS) is 22.0. The Morgan fingerprint density at radius 3 is 2.72 bits per heavy atom. The van der Waals surface area contributed by atoms with Gasteiger partial charge in [0.05, 0.1) is 18.7 Å². The van der Waals surface area contributed by atoms with Crippen LogP contribution in [0.4, 0.5) is 0 Å². The lowest BCUT2D eigenvalue weighted by molar-refractivity contribution is -0.146. The van der Waals surface area contributed by atoms with E-state index < -0.39 is 0 Å². The lowest BCUT2D eigenvalue weighted by atomic mass is 10.00. The second-order valence-corrected chi connectivity index (χ2v) is 11.6. The summed E-state index contributed by atoms with van der Waals surface area (Å²) in [6.07, 6.45) is 6.93. The predicted molar refractivity (Wildman–Crippen MR) is 141 cm³/mol. The fourth-order valence-corrected chi connectivity index (χ4v) is 6.88. The number of carbonyl (C=O) groups is 2. The maximum Gasteiger partial charge on any atom is 0.242 e. The molecule has 194 valence electrons. The van der Waals surface area contributed by atoms with Crippen molar-refractivity contribution < 1.29 is 19.1 Å². The molecule has 6 nitrogen and oxygen atoms in total. The molecule has 1 aromatic heterocycles. The molecular weight excluding hydrogens is 472 g/mol. The molecule has 0 spiro atoms. The third kappa shape index (κ3) is 5.62. The minimum absolute atomic E-state index is 0.00502. The van der Waals surface area contributed by atoms with Gasteiger partial charge in [0.25, 0.3) is 0 Å². The summed E-state index contributed by atoms with van der Waals surface area (Å²) >= 11 is 1.75. The number of hydrogen-bond donors (Lipinski definition) is 0. The fourth-order valence-electron chi connectivity index (χ4n) is 5.96. The van der Waals surface area contributed by atoms with E-state index >= 15 is 0 Å². The van der Waals surface area contributed by atoms with E-state index in [4.69, 9.17) is 9.47 Å². The molecule has 3 heterocycles. The third-order valence-corrected chi connectivity index (χ3v) is 8.93. The van der Waals surface area contributed by atoms with Crippen molar-refractivity contribution >= 4 is 23.2 Å². The molecule has 2 aliphatic heterocycles. The molecular formula is C29H38N2O4S. The van der Waals surface area contributed by atoms with Crippen molar-refractivity contribution in [3.63, 3.8) is 0 Å². The molecule has 0 radical (unpaired) electrons. The third-order valence-electron chi connectivity index (χ3n) is 7.93. The minimum atomic E-state index is -0.153. The number of aryl methyl sites for hydroxylation is 2. The van der Waals surface area contributed by atoms with Crippen LogP contribution < -0.4 is 4.74 Å².